The Morgan fingerprint density at radius 2 is 1.74 bits per heavy atom. The molecule has 3 aromatic rings. The van der Waals surface area contributed by atoms with Gasteiger partial charge in [-0.2, -0.15) is 0 Å². The number of methoxy groups -OCH3 is 2. The fourth-order valence-electron chi connectivity index (χ4n) is 5.50. The summed E-state index contributed by atoms with van der Waals surface area (Å²) in [6.45, 7) is 4.56. The third-order valence-corrected chi connectivity index (χ3v) is 8.86. The lowest BCUT2D eigenvalue weighted by Crippen LogP contribution is -2.45. The zero-order valence-electron chi connectivity index (χ0n) is 28.0. The number of anilines is 2. The second kappa shape index (κ2) is 13.3. The molecule has 1 aliphatic heterocycles. The van der Waals surface area contributed by atoms with Gasteiger partial charge in [0.15, 0.2) is 0 Å². The molecule has 1 atom stereocenters. The molecule has 268 valence electrons. The van der Waals surface area contributed by atoms with Crippen LogP contribution in [0.2, 0.25) is 0 Å². The van der Waals surface area contributed by atoms with Gasteiger partial charge >= 0.3 is 6.36 Å². The van der Waals surface area contributed by atoms with Crippen molar-refractivity contribution in [3.05, 3.63) is 71.4 Å². The van der Waals surface area contributed by atoms with Gasteiger partial charge in [0.25, 0.3) is 11.8 Å². The lowest BCUT2D eigenvalue weighted by atomic mass is 9.99. The van der Waals surface area contributed by atoms with Crippen LogP contribution < -0.4 is 29.1 Å². The first-order valence-electron chi connectivity index (χ1n) is 15.3. The van der Waals surface area contributed by atoms with Crippen LogP contribution in [0.5, 0.6) is 17.4 Å². The Labute approximate surface area is 286 Å². The SMILES string of the molecule is COc1cc(NC(C(=O)N2CC3(CC3)c3ccc(OC(F)(F)F)cc32)c2ccc(OC)nc2)cc(/C(C)=N/OC(C)(C)C(=O)NS(C)(=O)=O)c1. The molecule has 13 nitrogen and oxygen atoms in total. The van der Waals surface area contributed by atoms with E-state index in [0.29, 0.717) is 34.1 Å². The van der Waals surface area contributed by atoms with Crippen LogP contribution in [0, 0.1) is 0 Å². The molecule has 2 aliphatic rings. The molecule has 50 heavy (non-hydrogen) atoms. The molecule has 17 heteroatoms. The number of nitrogens with zero attached hydrogens (tertiary/aromatic N) is 3. The first-order chi connectivity index (χ1) is 23.3. The Balaban J connectivity index is 1.49. The normalized spacial score (nSPS) is 15.9. The van der Waals surface area contributed by atoms with Crippen molar-refractivity contribution in [3.63, 3.8) is 0 Å². The molecular weight excluding hydrogens is 683 g/mol. The molecule has 1 saturated carbocycles. The number of halogens is 3. The lowest BCUT2D eigenvalue weighted by molar-refractivity contribution is -0.274. The topological polar surface area (TPSA) is 158 Å². The number of sulfonamides is 1. The van der Waals surface area contributed by atoms with Crippen LogP contribution in [0.15, 0.2) is 59.9 Å². The van der Waals surface area contributed by atoms with Crippen LogP contribution in [-0.2, 0) is 29.9 Å². The minimum atomic E-state index is -4.91. The van der Waals surface area contributed by atoms with Crippen molar-refractivity contribution in [1.29, 1.82) is 0 Å². The number of carbonyl (C=O) groups excluding carboxylic acids is 2. The summed E-state index contributed by atoms with van der Waals surface area (Å²) in [5.41, 5.74) is 0.671. The molecule has 0 bridgehead atoms. The van der Waals surface area contributed by atoms with Gasteiger partial charge in [0.1, 0.15) is 17.5 Å². The molecule has 0 saturated heterocycles. The predicted octanol–water partition coefficient (Wildman–Crippen LogP) is 4.82. The highest BCUT2D eigenvalue weighted by molar-refractivity contribution is 7.89. The number of hydrogen-bond acceptors (Lipinski definition) is 11. The summed E-state index contributed by atoms with van der Waals surface area (Å²) in [5.74, 6) is -1.14. The number of benzene rings is 2. The summed E-state index contributed by atoms with van der Waals surface area (Å²) in [6, 6.07) is 11.1. The molecule has 1 spiro atoms. The molecule has 5 rings (SSSR count). The van der Waals surface area contributed by atoms with Crippen molar-refractivity contribution < 1.29 is 50.2 Å². The van der Waals surface area contributed by atoms with Crippen molar-refractivity contribution in [1.82, 2.24) is 9.71 Å². The number of hydrogen-bond donors (Lipinski definition) is 2. The van der Waals surface area contributed by atoms with Crippen molar-refractivity contribution in [2.45, 2.75) is 57.0 Å². The van der Waals surface area contributed by atoms with Gasteiger partial charge in [-0.3, -0.25) is 9.59 Å². The predicted molar refractivity (Wildman–Crippen MR) is 177 cm³/mol. The van der Waals surface area contributed by atoms with E-state index in [2.05, 4.69) is 20.2 Å². The van der Waals surface area contributed by atoms with Crippen LogP contribution in [0.4, 0.5) is 24.5 Å². The van der Waals surface area contributed by atoms with Crippen molar-refractivity contribution in [3.8, 4) is 17.4 Å². The van der Waals surface area contributed by atoms with E-state index in [0.717, 1.165) is 24.7 Å². The number of nitrogens with one attached hydrogen (secondary N) is 2. The van der Waals surface area contributed by atoms with Gasteiger partial charge in [-0.05, 0) is 63.4 Å². The van der Waals surface area contributed by atoms with E-state index >= 15 is 0 Å². The van der Waals surface area contributed by atoms with E-state index in [1.165, 1.54) is 51.3 Å². The minimum absolute atomic E-state index is 0.271. The van der Waals surface area contributed by atoms with E-state index in [1.54, 1.807) is 43.3 Å². The quantitative estimate of drug-likeness (QED) is 0.196. The second-order valence-corrected chi connectivity index (χ2v) is 14.3. The molecule has 1 fully saturated rings. The smallest absolute Gasteiger partial charge is 0.497 e. The Morgan fingerprint density at radius 3 is 2.32 bits per heavy atom. The summed E-state index contributed by atoms with van der Waals surface area (Å²) in [7, 11) is -0.949. The van der Waals surface area contributed by atoms with E-state index in [-0.39, 0.29) is 17.7 Å². The zero-order valence-corrected chi connectivity index (χ0v) is 28.9. The highest BCUT2D eigenvalue weighted by atomic mass is 32.2. The van der Waals surface area contributed by atoms with Crippen LogP contribution in [-0.4, -0.2) is 69.9 Å². The number of pyridine rings is 1. The first kappa shape index (κ1) is 36.2. The Bertz CT molecular complexity index is 1930. The molecule has 1 aliphatic carbocycles. The molecule has 2 heterocycles. The maximum absolute atomic E-state index is 14.5. The number of amides is 2. The highest BCUT2D eigenvalue weighted by Gasteiger charge is 2.54. The largest absolute Gasteiger partial charge is 0.573 e. The fourth-order valence-corrected chi connectivity index (χ4v) is 6.08. The summed E-state index contributed by atoms with van der Waals surface area (Å²) in [4.78, 5) is 38.1. The first-order valence-corrected chi connectivity index (χ1v) is 17.1. The van der Waals surface area contributed by atoms with E-state index in [1.807, 2.05) is 4.72 Å². The molecule has 2 amide bonds. The summed E-state index contributed by atoms with van der Waals surface area (Å²) in [6.07, 6.45) is -1.05. The van der Waals surface area contributed by atoms with Crippen LogP contribution in [0.25, 0.3) is 0 Å². The van der Waals surface area contributed by atoms with Gasteiger partial charge in [0.05, 0.1) is 31.9 Å². The van der Waals surface area contributed by atoms with Gasteiger partial charge in [0.2, 0.25) is 21.5 Å². The zero-order chi connectivity index (χ0) is 36.6. The lowest BCUT2D eigenvalue weighted by Gasteiger charge is -2.27. The Morgan fingerprint density at radius 1 is 1.02 bits per heavy atom. The third kappa shape index (κ3) is 8.21. The Kier molecular flexibility index (Phi) is 9.66. The fraction of sp³-hybridized carbons (Fsp3) is 0.394. The maximum atomic E-state index is 14.5. The molecular formula is C33H36F3N5O8S. The van der Waals surface area contributed by atoms with Crippen LogP contribution in [0.1, 0.15) is 56.3 Å². The molecule has 0 radical (unpaired) electrons. The molecule has 1 aromatic heterocycles. The number of fused-ring (bicyclic) bond motifs is 2. The van der Waals surface area contributed by atoms with Gasteiger partial charge < -0.3 is 29.3 Å². The van der Waals surface area contributed by atoms with E-state index in [4.69, 9.17) is 14.3 Å². The minimum Gasteiger partial charge on any atom is -0.497 e. The molecule has 2 N–H and O–H groups in total. The van der Waals surface area contributed by atoms with Gasteiger partial charge in [-0.25, -0.2) is 18.1 Å². The standard InChI is InChI=1S/C33H36F3N5O8S/c1-19(39-49-31(2,3)30(43)40-50(6,44)45)21-13-22(15-24(14-21)46-4)38-28(20-7-10-27(47-5)37-17-20)29(42)41-18-32(11-12-32)25-9-8-23(16-26(25)41)48-33(34,35)36/h7-10,13-17,28,38H,11-12,18H2,1-6H3,(H,40,43)/b39-19+. The molecule has 1 unspecified atom stereocenters. The number of ether oxygens (including phenoxy) is 3. The highest BCUT2D eigenvalue weighted by Crippen LogP contribution is 2.57. The van der Waals surface area contributed by atoms with Crippen molar-refractivity contribution in [2.24, 2.45) is 5.16 Å². The number of carbonyl (C=O) groups is 2. The van der Waals surface area contributed by atoms with Gasteiger partial charge in [-0.1, -0.05) is 11.2 Å². The average molecular weight is 720 g/mol. The van der Waals surface area contributed by atoms with Gasteiger partial charge in [0, 0.05) is 53.2 Å². The van der Waals surface area contributed by atoms with Gasteiger partial charge in [-0.15, -0.1) is 13.2 Å². The summed E-state index contributed by atoms with van der Waals surface area (Å²) in [5, 5.41) is 7.29. The average Bonchev–Trinajstić information content (AvgIpc) is 3.76. The van der Waals surface area contributed by atoms with E-state index < -0.39 is 45.6 Å². The summed E-state index contributed by atoms with van der Waals surface area (Å²) >= 11 is 0. The number of rotatable bonds is 12. The number of alkyl halides is 3. The van der Waals surface area contributed by atoms with Crippen LogP contribution >= 0.6 is 0 Å². The maximum Gasteiger partial charge on any atom is 0.573 e. The molecule has 2 aromatic carbocycles. The number of aromatic nitrogens is 1. The monoisotopic (exact) mass is 719 g/mol. The van der Waals surface area contributed by atoms with Crippen LogP contribution in [0.3, 0.4) is 0 Å². The van der Waals surface area contributed by atoms with E-state index in [9.17, 15) is 31.2 Å². The third-order valence-electron chi connectivity index (χ3n) is 8.30. The van der Waals surface area contributed by atoms with Crippen molar-refractivity contribution >= 4 is 38.9 Å². The second-order valence-electron chi connectivity index (χ2n) is 12.6. The summed E-state index contributed by atoms with van der Waals surface area (Å²) < 4.78 is 79.2. The van der Waals surface area contributed by atoms with Crippen molar-refractivity contribution in [2.75, 3.05) is 37.2 Å². The number of oxime groups is 1. The Hall–Kier alpha value is -5.06.